The van der Waals surface area contributed by atoms with E-state index in [0.29, 0.717) is 0 Å². The summed E-state index contributed by atoms with van der Waals surface area (Å²) in [4.78, 5) is 0. The molecule has 0 aromatic carbocycles. The Kier molecular flexibility index (Phi) is 4.64. The highest BCUT2D eigenvalue weighted by molar-refractivity contribution is 4.81. The molecule has 1 rings (SSSR count). The van der Waals surface area contributed by atoms with Crippen molar-refractivity contribution in [1.29, 1.82) is 0 Å². The highest BCUT2D eigenvalue weighted by atomic mass is 14.9. The Morgan fingerprint density at radius 1 is 1.27 bits per heavy atom. The van der Waals surface area contributed by atoms with Crippen molar-refractivity contribution >= 4 is 0 Å². The minimum Gasteiger partial charge on any atom is -0.312 e. The predicted molar refractivity (Wildman–Crippen MR) is 68.0 cm³/mol. The molecular formula is C14H29N. The molecule has 0 spiro atoms. The molecule has 1 aliphatic carbocycles. The van der Waals surface area contributed by atoms with Crippen LogP contribution >= 0.6 is 0 Å². The fraction of sp³-hybridized carbons (Fsp3) is 1.00. The molecule has 3 unspecified atom stereocenters. The van der Waals surface area contributed by atoms with Crippen molar-refractivity contribution in [3.8, 4) is 0 Å². The predicted octanol–water partition coefficient (Wildman–Crippen LogP) is 3.84. The van der Waals surface area contributed by atoms with Crippen molar-refractivity contribution in [2.45, 2.75) is 65.8 Å². The van der Waals surface area contributed by atoms with Gasteiger partial charge >= 0.3 is 0 Å². The molecule has 0 heterocycles. The first-order chi connectivity index (χ1) is 6.92. The van der Waals surface area contributed by atoms with E-state index in [2.05, 4.69) is 39.9 Å². The molecule has 1 heteroatoms. The Labute approximate surface area is 96.0 Å². The first kappa shape index (κ1) is 13.0. The molecule has 1 saturated carbocycles. The summed E-state index contributed by atoms with van der Waals surface area (Å²) in [7, 11) is 0. The van der Waals surface area contributed by atoms with Gasteiger partial charge in [0.1, 0.15) is 0 Å². The van der Waals surface area contributed by atoms with E-state index in [1.807, 2.05) is 0 Å². The van der Waals surface area contributed by atoms with Crippen molar-refractivity contribution in [1.82, 2.24) is 5.32 Å². The average molecular weight is 211 g/mol. The molecule has 0 saturated heterocycles. The summed E-state index contributed by atoms with van der Waals surface area (Å²) in [6.45, 7) is 12.7. The highest BCUT2D eigenvalue weighted by Crippen LogP contribution is 2.38. The van der Waals surface area contributed by atoms with Crippen LogP contribution in [0.15, 0.2) is 0 Å². The average Bonchev–Trinajstić information content (AvgIpc) is 2.14. The van der Waals surface area contributed by atoms with Gasteiger partial charge in [0.05, 0.1) is 0 Å². The van der Waals surface area contributed by atoms with Gasteiger partial charge in [0.25, 0.3) is 0 Å². The van der Waals surface area contributed by atoms with Crippen LogP contribution in [-0.4, -0.2) is 12.1 Å². The van der Waals surface area contributed by atoms with Gasteiger partial charge in [0.15, 0.2) is 0 Å². The lowest BCUT2D eigenvalue weighted by Crippen LogP contribution is -2.40. The van der Waals surface area contributed by atoms with Crippen molar-refractivity contribution in [2.24, 2.45) is 17.8 Å². The van der Waals surface area contributed by atoms with Gasteiger partial charge in [-0.1, -0.05) is 26.7 Å². The lowest BCUT2D eigenvalue weighted by molar-refractivity contribution is 0.151. The van der Waals surface area contributed by atoms with Gasteiger partial charge in [-0.2, -0.15) is 0 Å². The van der Waals surface area contributed by atoms with Crippen molar-refractivity contribution in [3.05, 3.63) is 0 Å². The second kappa shape index (κ2) is 5.34. The normalized spacial score (nSPS) is 28.6. The van der Waals surface area contributed by atoms with Gasteiger partial charge in [-0.3, -0.25) is 0 Å². The van der Waals surface area contributed by atoms with E-state index in [-0.39, 0.29) is 5.54 Å². The first-order valence-corrected chi connectivity index (χ1v) is 6.67. The van der Waals surface area contributed by atoms with E-state index in [4.69, 9.17) is 0 Å². The SMILES string of the molecule is CCC(CNC(C)(C)C)CC1CCC1C. The monoisotopic (exact) mass is 211 g/mol. The summed E-state index contributed by atoms with van der Waals surface area (Å²) in [5.74, 6) is 2.90. The molecular weight excluding hydrogens is 182 g/mol. The van der Waals surface area contributed by atoms with E-state index in [0.717, 1.165) is 17.8 Å². The molecule has 0 aliphatic heterocycles. The highest BCUT2D eigenvalue weighted by Gasteiger charge is 2.28. The molecule has 0 aromatic rings. The van der Waals surface area contributed by atoms with E-state index in [1.54, 1.807) is 0 Å². The van der Waals surface area contributed by atoms with Crippen molar-refractivity contribution < 1.29 is 0 Å². The zero-order valence-electron chi connectivity index (χ0n) is 11.3. The van der Waals surface area contributed by atoms with Crippen LogP contribution in [0.3, 0.4) is 0 Å². The second-order valence-corrected chi connectivity index (χ2v) is 6.46. The molecule has 1 N–H and O–H groups in total. The standard InChI is InChI=1S/C14H29N/c1-6-12(10-15-14(3,4)5)9-13-8-7-11(13)2/h11-13,15H,6-10H2,1-5H3. The van der Waals surface area contributed by atoms with Gasteiger partial charge in [-0.05, 0) is 57.9 Å². The lowest BCUT2D eigenvalue weighted by atomic mass is 9.70. The molecule has 1 fully saturated rings. The van der Waals surface area contributed by atoms with E-state index in [1.165, 1.54) is 32.2 Å². The van der Waals surface area contributed by atoms with Gasteiger partial charge in [-0.25, -0.2) is 0 Å². The molecule has 0 radical (unpaired) electrons. The second-order valence-electron chi connectivity index (χ2n) is 6.46. The van der Waals surface area contributed by atoms with Gasteiger partial charge in [0.2, 0.25) is 0 Å². The maximum Gasteiger partial charge on any atom is 0.00966 e. The maximum absolute atomic E-state index is 3.64. The Morgan fingerprint density at radius 3 is 2.27 bits per heavy atom. The summed E-state index contributed by atoms with van der Waals surface area (Å²) in [6.07, 6.45) is 5.72. The third kappa shape index (κ3) is 4.55. The fourth-order valence-electron chi connectivity index (χ4n) is 2.36. The van der Waals surface area contributed by atoms with Crippen molar-refractivity contribution in [2.75, 3.05) is 6.54 Å². The smallest absolute Gasteiger partial charge is 0.00966 e. The summed E-state index contributed by atoms with van der Waals surface area (Å²) >= 11 is 0. The van der Waals surface area contributed by atoms with Crippen LogP contribution in [0, 0.1) is 17.8 Å². The fourth-order valence-corrected chi connectivity index (χ4v) is 2.36. The summed E-state index contributed by atoms with van der Waals surface area (Å²) in [5.41, 5.74) is 0.276. The van der Waals surface area contributed by atoms with Gasteiger partial charge < -0.3 is 5.32 Å². The summed E-state index contributed by atoms with van der Waals surface area (Å²) in [5, 5.41) is 3.64. The van der Waals surface area contributed by atoms with Crippen LogP contribution in [0.5, 0.6) is 0 Å². The Morgan fingerprint density at radius 2 is 1.93 bits per heavy atom. The first-order valence-electron chi connectivity index (χ1n) is 6.67. The largest absolute Gasteiger partial charge is 0.312 e. The lowest BCUT2D eigenvalue weighted by Gasteiger charge is -2.37. The zero-order chi connectivity index (χ0) is 11.5. The molecule has 0 aromatic heterocycles. The maximum atomic E-state index is 3.64. The third-order valence-corrected chi connectivity index (χ3v) is 3.93. The van der Waals surface area contributed by atoms with E-state index >= 15 is 0 Å². The molecule has 0 amide bonds. The van der Waals surface area contributed by atoms with Crippen LogP contribution < -0.4 is 5.32 Å². The van der Waals surface area contributed by atoms with Gasteiger partial charge in [-0.15, -0.1) is 0 Å². The number of hydrogen-bond acceptors (Lipinski definition) is 1. The molecule has 90 valence electrons. The van der Waals surface area contributed by atoms with E-state index < -0.39 is 0 Å². The number of hydrogen-bond donors (Lipinski definition) is 1. The third-order valence-electron chi connectivity index (χ3n) is 3.93. The van der Waals surface area contributed by atoms with Crippen LogP contribution in [-0.2, 0) is 0 Å². The molecule has 0 bridgehead atoms. The Hall–Kier alpha value is -0.0400. The Balaban J connectivity index is 2.23. The molecule has 3 atom stereocenters. The van der Waals surface area contributed by atoms with Crippen LogP contribution in [0.4, 0.5) is 0 Å². The summed E-state index contributed by atoms with van der Waals surface area (Å²) in [6, 6.07) is 0. The number of nitrogens with one attached hydrogen (secondary N) is 1. The molecule has 15 heavy (non-hydrogen) atoms. The van der Waals surface area contributed by atoms with E-state index in [9.17, 15) is 0 Å². The summed E-state index contributed by atoms with van der Waals surface area (Å²) < 4.78 is 0. The molecule has 1 nitrogen and oxygen atoms in total. The minimum atomic E-state index is 0.276. The van der Waals surface area contributed by atoms with Gasteiger partial charge in [0, 0.05) is 5.54 Å². The van der Waals surface area contributed by atoms with Crippen LogP contribution in [0.2, 0.25) is 0 Å². The quantitative estimate of drug-likeness (QED) is 0.728. The van der Waals surface area contributed by atoms with Crippen molar-refractivity contribution in [3.63, 3.8) is 0 Å². The number of rotatable bonds is 5. The zero-order valence-corrected chi connectivity index (χ0v) is 11.3. The topological polar surface area (TPSA) is 12.0 Å². The van der Waals surface area contributed by atoms with Crippen LogP contribution in [0.25, 0.3) is 0 Å². The Bertz CT molecular complexity index is 180. The minimum absolute atomic E-state index is 0.276. The van der Waals surface area contributed by atoms with Crippen LogP contribution in [0.1, 0.15) is 60.3 Å². The molecule has 1 aliphatic rings.